The van der Waals surface area contributed by atoms with Crippen LogP contribution in [0, 0.1) is 5.92 Å². The van der Waals surface area contributed by atoms with Crippen LogP contribution in [0.1, 0.15) is 90.4 Å². The number of nitrogens with one attached hydrogen (secondary N) is 1. The van der Waals surface area contributed by atoms with Gasteiger partial charge in [-0.1, -0.05) is 77.6 Å². The standard InChI is InChI=1S/C23H47N3O3/c1-5-6-7-8-9-10-11-12-13-14-15-16-17-25-21(27)18-20(19-26(2,3)4)22(24)23(28)29/h20,22H,5-19,24H2,1-4H3,(H-,25,27,28,29)/p+1/t20?,22-/m1/s1. The first-order valence-electron chi connectivity index (χ1n) is 11.7. The van der Waals surface area contributed by atoms with Crippen molar-refractivity contribution in [2.75, 3.05) is 34.2 Å². The molecule has 0 saturated carbocycles. The van der Waals surface area contributed by atoms with Crippen molar-refractivity contribution in [1.82, 2.24) is 5.32 Å². The number of carbonyl (C=O) groups is 2. The fourth-order valence-corrected chi connectivity index (χ4v) is 3.71. The summed E-state index contributed by atoms with van der Waals surface area (Å²) in [6.07, 6.45) is 15.7. The lowest BCUT2D eigenvalue weighted by Gasteiger charge is -2.30. The van der Waals surface area contributed by atoms with E-state index in [1.165, 1.54) is 64.2 Å². The van der Waals surface area contributed by atoms with Gasteiger partial charge in [0.05, 0.1) is 27.7 Å². The molecule has 0 radical (unpaired) electrons. The van der Waals surface area contributed by atoms with E-state index in [1.807, 2.05) is 21.1 Å². The molecule has 6 heteroatoms. The van der Waals surface area contributed by atoms with Crippen LogP contribution in [-0.4, -0.2) is 61.7 Å². The Labute approximate surface area is 179 Å². The summed E-state index contributed by atoms with van der Waals surface area (Å²) >= 11 is 0. The number of hydrogen-bond donors (Lipinski definition) is 3. The quantitative estimate of drug-likeness (QED) is 0.221. The molecule has 2 atom stereocenters. The van der Waals surface area contributed by atoms with Crippen LogP contribution in [0.4, 0.5) is 0 Å². The summed E-state index contributed by atoms with van der Waals surface area (Å²) in [6.45, 7) is 3.47. The summed E-state index contributed by atoms with van der Waals surface area (Å²) in [4.78, 5) is 23.4. The van der Waals surface area contributed by atoms with Gasteiger partial charge < -0.3 is 20.6 Å². The highest BCUT2D eigenvalue weighted by atomic mass is 16.4. The molecule has 0 heterocycles. The summed E-state index contributed by atoms with van der Waals surface area (Å²) in [6, 6.07) is -1.01. The fourth-order valence-electron chi connectivity index (χ4n) is 3.71. The van der Waals surface area contributed by atoms with Gasteiger partial charge in [-0.15, -0.1) is 0 Å². The number of carboxylic acid groups (broad SMARTS) is 1. The molecule has 172 valence electrons. The lowest BCUT2D eigenvalue weighted by atomic mass is 9.95. The molecule has 6 nitrogen and oxygen atoms in total. The molecule has 1 amide bonds. The van der Waals surface area contributed by atoms with E-state index < -0.39 is 12.0 Å². The molecule has 0 aromatic carbocycles. The third kappa shape index (κ3) is 17.4. The van der Waals surface area contributed by atoms with E-state index in [1.54, 1.807) is 0 Å². The maximum absolute atomic E-state index is 12.2. The van der Waals surface area contributed by atoms with E-state index in [0.29, 0.717) is 17.6 Å². The van der Waals surface area contributed by atoms with E-state index in [0.717, 1.165) is 12.8 Å². The van der Waals surface area contributed by atoms with Crippen LogP contribution in [0.3, 0.4) is 0 Å². The summed E-state index contributed by atoms with van der Waals surface area (Å²) in [5.41, 5.74) is 5.80. The molecule has 0 fully saturated rings. The van der Waals surface area contributed by atoms with Gasteiger partial charge in [-0.3, -0.25) is 9.59 Å². The average Bonchev–Trinajstić information content (AvgIpc) is 2.63. The summed E-state index contributed by atoms with van der Waals surface area (Å²) in [7, 11) is 5.93. The van der Waals surface area contributed by atoms with Gasteiger partial charge in [0.1, 0.15) is 6.04 Å². The van der Waals surface area contributed by atoms with Crippen LogP contribution >= 0.6 is 0 Å². The van der Waals surface area contributed by atoms with Crippen LogP contribution in [0.15, 0.2) is 0 Å². The van der Waals surface area contributed by atoms with E-state index in [-0.39, 0.29) is 18.2 Å². The molecule has 0 bridgehead atoms. The number of unbranched alkanes of at least 4 members (excludes halogenated alkanes) is 11. The molecule has 0 rings (SSSR count). The zero-order valence-corrected chi connectivity index (χ0v) is 19.5. The Kier molecular flexibility index (Phi) is 16.0. The van der Waals surface area contributed by atoms with Gasteiger partial charge >= 0.3 is 5.97 Å². The molecule has 0 aliphatic carbocycles. The Morgan fingerprint density at radius 3 is 1.72 bits per heavy atom. The monoisotopic (exact) mass is 414 g/mol. The van der Waals surface area contributed by atoms with Gasteiger partial charge in [0.25, 0.3) is 0 Å². The number of aliphatic carboxylic acids is 1. The zero-order valence-electron chi connectivity index (χ0n) is 19.5. The van der Waals surface area contributed by atoms with Crippen molar-refractivity contribution < 1.29 is 19.2 Å². The minimum Gasteiger partial charge on any atom is -0.480 e. The van der Waals surface area contributed by atoms with Crippen LogP contribution in [0.2, 0.25) is 0 Å². The van der Waals surface area contributed by atoms with Crippen molar-refractivity contribution in [2.45, 2.75) is 96.4 Å². The molecule has 1 unspecified atom stereocenters. The molecule has 0 aliphatic heterocycles. The highest BCUT2D eigenvalue weighted by Gasteiger charge is 2.31. The van der Waals surface area contributed by atoms with Crippen molar-refractivity contribution in [3.05, 3.63) is 0 Å². The van der Waals surface area contributed by atoms with E-state index in [9.17, 15) is 14.7 Å². The summed E-state index contributed by atoms with van der Waals surface area (Å²) < 4.78 is 0.581. The predicted octanol–water partition coefficient (Wildman–Crippen LogP) is 3.93. The second-order valence-corrected chi connectivity index (χ2v) is 9.54. The van der Waals surface area contributed by atoms with Crippen molar-refractivity contribution in [2.24, 2.45) is 11.7 Å². The third-order valence-electron chi connectivity index (χ3n) is 5.38. The number of carboxylic acids is 1. The minimum absolute atomic E-state index is 0.0942. The van der Waals surface area contributed by atoms with Gasteiger partial charge in [-0.25, -0.2) is 0 Å². The highest BCUT2D eigenvalue weighted by molar-refractivity contribution is 5.79. The number of carbonyl (C=O) groups excluding carboxylic acids is 1. The topological polar surface area (TPSA) is 92.4 Å². The largest absolute Gasteiger partial charge is 0.480 e. The highest BCUT2D eigenvalue weighted by Crippen LogP contribution is 2.13. The van der Waals surface area contributed by atoms with E-state index >= 15 is 0 Å². The van der Waals surface area contributed by atoms with Crippen LogP contribution in [0.25, 0.3) is 0 Å². The lowest BCUT2D eigenvalue weighted by molar-refractivity contribution is -0.873. The Morgan fingerprint density at radius 2 is 1.31 bits per heavy atom. The van der Waals surface area contributed by atoms with Crippen molar-refractivity contribution in [1.29, 1.82) is 0 Å². The van der Waals surface area contributed by atoms with Gasteiger partial charge in [0, 0.05) is 18.9 Å². The molecule has 0 aromatic rings. The number of hydrogen-bond acceptors (Lipinski definition) is 3. The first-order valence-corrected chi connectivity index (χ1v) is 11.7. The van der Waals surface area contributed by atoms with Crippen molar-refractivity contribution >= 4 is 11.9 Å². The van der Waals surface area contributed by atoms with Crippen LogP contribution < -0.4 is 11.1 Å². The Hall–Kier alpha value is -1.14. The molecule has 0 spiro atoms. The van der Waals surface area contributed by atoms with Crippen molar-refractivity contribution in [3.8, 4) is 0 Å². The van der Waals surface area contributed by atoms with E-state index in [2.05, 4.69) is 12.2 Å². The average molecular weight is 415 g/mol. The Morgan fingerprint density at radius 1 is 0.862 bits per heavy atom. The van der Waals surface area contributed by atoms with Crippen LogP contribution in [0.5, 0.6) is 0 Å². The van der Waals surface area contributed by atoms with Crippen LogP contribution in [-0.2, 0) is 9.59 Å². The molecule has 0 aliphatic rings. The number of nitrogens with zero attached hydrogens (tertiary/aromatic N) is 1. The normalized spacial score (nSPS) is 13.8. The second-order valence-electron chi connectivity index (χ2n) is 9.54. The molecular weight excluding hydrogens is 366 g/mol. The smallest absolute Gasteiger partial charge is 0.321 e. The molecular formula is C23H48N3O3+. The number of nitrogens with two attached hydrogens (primary N) is 1. The summed E-state index contributed by atoms with van der Waals surface area (Å²) in [5, 5.41) is 12.1. The van der Waals surface area contributed by atoms with Gasteiger partial charge in [0.15, 0.2) is 0 Å². The third-order valence-corrected chi connectivity index (χ3v) is 5.38. The maximum atomic E-state index is 12.2. The predicted molar refractivity (Wildman–Crippen MR) is 121 cm³/mol. The lowest BCUT2D eigenvalue weighted by Crippen LogP contribution is -2.49. The first-order chi connectivity index (χ1) is 13.7. The van der Waals surface area contributed by atoms with E-state index in [4.69, 9.17) is 5.73 Å². The Balaban J connectivity index is 3.77. The van der Waals surface area contributed by atoms with Gasteiger partial charge in [0.2, 0.25) is 5.91 Å². The molecule has 0 aromatic heterocycles. The first kappa shape index (κ1) is 27.9. The molecule has 29 heavy (non-hydrogen) atoms. The molecule has 0 saturated heterocycles. The fraction of sp³-hybridized carbons (Fsp3) is 0.913. The number of rotatable bonds is 19. The Bertz CT molecular complexity index is 436. The minimum atomic E-state index is -1.04. The number of amides is 1. The number of quaternary nitrogens is 1. The van der Waals surface area contributed by atoms with Crippen molar-refractivity contribution in [3.63, 3.8) is 0 Å². The van der Waals surface area contributed by atoms with Gasteiger partial charge in [-0.05, 0) is 6.42 Å². The maximum Gasteiger partial charge on any atom is 0.321 e. The van der Waals surface area contributed by atoms with Gasteiger partial charge in [-0.2, -0.15) is 0 Å². The zero-order chi connectivity index (χ0) is 22.1. The SMILES string of the molecule is CCCCCCCCCCCCCCNC(=O)CC(C[N+](C)(C)C)[C@@H](N)C(=O)O. The molecule has 4 N–H and O–H groups in total. The second kappa shape index (κ2) is 16.6. The summed E-state index contributed by atoms with van der Waals surface area (Å²) in [5.74, 6) is -1.50.